The first-order valence-corrected chi connectivity index (χ1v) is 10.0. The Kier molecular flexibility index (Phi) is 7.94. The Hall–Kier alpha value is -2.24. The first kappa shape index (κ1) is 23.0. The monoisotopic (exact) mass is 436 g/mol. The summed E-state index contributed by atoms with van der Waals surface area (Å²) in [6, 6.07) is 13.3. The lowest BCUT2D eigenvalue weighted by Gasteiger charge is -2.31. The van der Waals surface area contributed by atoms with E-state index in [0.29, 0.717) is 15.8 Å². The van der Waals surface area contributed by atoms with Gasteiger partial charge in [-0.15, -0.1) is 0 Å². The van der Waals surface area contributed by atoms with Crippen molar-refractivity contribution in [3.8, 4) is 5.75 Å². The van der Waals surface area contributed by atoms with Gasteiger partial charge >= 0.3 is 0 Å². The first-order chi connectivity index (χ1) is 13.5. The van der Waals surface area contributed by atoms with Gasteiger partial charge in [0.1, 0.15) is 11.8 Å². The number of rotatable bonds is 7. The minimum Gasteiger partial charge on any atom is -0.484 e. The molecule has 2 rings (SSSR count). The molecule has 2 aromatic rings. The molecule has 0 bridgehead atoms. The van der Waals surface area contributed by atoms with Gasteiger partial charge in [0.25, 0.3) is 5.91 Å². The van der Waals surface area contributed by atoms with E-state index < -0.39 is 11.6 Å². The summed E-state index contributed by atoms with van der Waals surface area (Å²) in [6.45, 7) is 7.44. The quantitative estimate of drug-likeness (QED) is 0.683. The lowest BCUT2D eigenvalue weighted by Crippen LogP contribution is -2.53. The maximum atomic E-state index is 12.9. The highest BCUT2D eigenvalue weighted by Gasteiger charge is 2.28. The van der Waals surface area contributed by atoms with Crippen molar-refractivity contribution in [1.82, 2.24) is 10.2 Å². The van der Waals surface area contributed by atoms with Crippen molar-refractivity contribution in [2.75, 3.05) is 6.61 Å². The van der Waals surface area contributed by atoms with Gasteiger partial charge in [-0.2, -0.15) is 0 Å². The van der Waals surface area contributed by atoms with Crippen molar-refractivity contribution in [3.05, 3.63) is 64.1 Å². The lowest BCUT2D eigenvalue weighted by atomic mass is 10.1. The average Bonchev–Trinajstić information content (AvgIpc) is 2.64. The molecule has 0 aliphatic heterocycles. The van der Waals surface area contributed by atoms with Crippen LogP contribution in [0.3, 0.4) is 0 Å². The van der Waals surface area contributed by atoms with E-state index in [0.717, 1.165) is 5.56 Å². The Morgan fingerprint density at radius 1 is 1.07 bits per heavy atom. The number of carbonyl (C=O) groups excluding carboxylic acids is 2. The van der Waals surface area contributed by atoms with Crippen LogP contribution in [0, 0.1) is 0 Å². The molecule has 2 aromatic carbocycles. The van der Waals surface area contributed by atoms with E-state index in [-0.39, 0.29) is 25.0 Å². The van der Waals surface area contributed by atoms with E-state index in [9.17, 15) is 9.59 Å². The maximum Gasteiger partial charge on any atom is 0.261 e. The predicted molar refractivity (Wildman–Crippen MR) is 116 cm³/mol. The summed E-state index contributed by atoms with van der Waals surface area (Å²) in [5.74, 6) is -0.0526. The van der Waals surface area contributed by atoms with E-state index in [2.05, 4.69) is 5.32 Å². The number of nitrogens with one attached hydrogen (secondary N) is 1. The normalized spacial score (nSPS) is 12.2. The van der Waals surface area contributed by atoms with Crippen LogP contribution in [0.2, 0.25) is 10.0 Å². The molecule has 0 aliphatic rings. The molecule has 0 spiro atoms. The van der Waals surface area contributed by atoms with E-state index >= 15 is 0 Å². The molecule has 0 aromatic heterocycles. The number of ether oxygens (including phenoxy) is 1. The number of carbonyl (C=O) groups is 2. The summed E-state index contributed by atoms with van der Waals surface area (Å²) in [5.41, 5.74) is 0.457. The second-order valence-corrected chi connectivity index (χ2v) is 8.68. The number of nitrogens with zero attached hydrogens (tertiary/aromatic N) is 1. The van der Waals surface area contributed by atoms with Crippen LogP contribution in [0.4, 0.5) is 0 Å². The summed E-state index contributed by atoms with van der Waals surface area (Å²) in [4.78, 5) is 27.1. The van der Waals surface area contributed by atoms with Gasteiger partial charge in [-0.05, 0) is 63.6 Å². The minimum absolute atomic E-state index is 0.207. The fourth-order valence-electron chi connectivity index (χ4n) is 2.63. The minimum atomic E-state index is -0.680. The summed E-state index contributed by atoms with van der Waals surface area (Å²) in [5, 5.41) is 4.04. The van der Waals surface area contributed by atoms with Gasteiger partial charge < -0.3 is 15.0 Å². The van der Waals surface area contributed by atoms with Gasteiger partial charge in [0.05, 0.1) is 0 Å². The van der Waals surface area contributed by atoms with Crippen LogP contribution < -0.4 is 10.1 Å². The summed E-state index contributed by atoms with van der Waals surface area (Å²) in [7, 11) is 0. The van der Waals surface area contributed by atoms with E-state index in [1.807, 2.05) is 32.9 Å². The van der Waals surface area contributed by atoms with Gasteiger partial charge in [-0.25, -0.2) is 0 Å². The molecule has 1 atom stereocenters. The number of halogens is 2. The smallest absolute Gasteiger partial charge is 0.261 e. The third kappa shape index (κ3) is 7.59. The zero-order valence-corrected chi connectivity index (χ0v) is 18.6. The van der Waals surface area contributed by atoms with Crippen LogP contribution in [0.5, 0.6) is 5.75 Å². The highest BCUT2D eigenvalue weighted by molar-refractivity contribution is 6.30. The molecule has 29 heavy (non-hydrogen) atoms. The van der Waals surface area contributed by atoms with Crippen molar-refractivity contribution >= 4 is 35.0 Å². The van der Waals surface area contributed by atoms with Crippen LogP contribution in [0.15, 0.2) is 48.5 Å². The highest BCUT2D eigenvalue weighted by Crippen LogP contribution is 2.18. The summed E-state index contributed by atoms with van der Waals surface area (Å²) in [6.07, 6.45) is 0. The SMILES string of the molecule is CC(C(=O)NC(C)(C)C)N(Cc1ccc(Cl)cc1)C(=O)COc1cccc(Cl)c1. The molecule has 0 saturated carbocycles. The van der Waals surface area contributed by atoms with Gasteiger partial charge in [-0.1, -0.05) is 41.4 Å². The van der Waals surface area contributed by atoms with Crippen LogP contribution >= 0.6 is 23.2 Å². The molecule has 156 valence electrons. The van der Waals surface area contributed by atoms with Crippen LogP contribution in [-0.4, -0.2) is 34.9 Å². The zero-order valence-electron chi connectivity index (χ0n) is 17.0. The number of benzene rings is 2. The molecule has 0 heterocycles. The van der Waals surface area contributed by atoms with Gasteiger partial charge in [0.15, 0.2) is 6.61 Å². The second-order valence-electron chi connectivity index (χ2n) is 7.81. The van der Waals surface area contributed by atoms with Crippen molar-refractivity contribution in [1.29, 1.82) is 0 Å². The lowest BCUT2D eigenvalue weighted by molar-refractivity contribution is -0.142. The standard InChI is InChI=1S/C22H26Cl2N2O3/c1-15(21(28)25-22(2,3)4)26(13-16-8-10-17(23)11-9-16)20(27)14-29-19-7-5-6-18(24)12-19/h5-12,15H,13-14H2,1-4H3,(H,25,28). The first-order valence-electron chi connectivity index (χ1n) is 9.29. The van der Waals surface area contributed by atoms with Crippen LogP contribution in [0.25, 0.3) is 0 Å². The average molecular weight is 437 g/mol. The Balaban J connectivity index is 2.16. The maximum absolute atomic E-state index is 12.9. The summed E-state index contributed by atoms with van der Waals surface area (Å²) < 4.78 is 5.59. The molecular weight excluding hydrogens is 411 g/mol. The zero-order chi connectivity index (χ0) is 21.6. The topological polar surface area (TPSA) is 58.6 Å². The van der Waals surface area contributed by atoms with Crippen molar-refractivity contribution in [3.63, 3.8) is 0 Å². The molecule has 0 saturated heterocycles. The second kappa shape index (κ2) is 9.99. The van der Waals surface area contributed by atoms with Gasteiger partial charge in [-0.3, -0.25) is 9.59 Å². The molecule has 7 heteroatoms. The molecule has 1 N–H and O–H groups in total. The predicted octanol–water partition coefficient (Wildman–Crippen LogP) is 4.70. The molecule has 0 fully saturated rings. The third-order valence-corrected chi connectivity index (χ3v) is 4.58. The molecule has 1 unspecified atom stereocenters. The van der Waals surface area contributed by atoms with Gasteiger partial charge in [0.2, 0.25) is 5.91 Å². The Morgan fingerprint density at radius 2 is 1.72 bits per heavy atom. The number of hydrogen-bond acceptors (Lipinski definition) is 3. The highest BCUT2D eigenvalue weighted by atomic mass is 35.5. The van der Waals surface area contributed by atoms with Gasteiger partial charge in [0, 0.05) is 22.1 Å². The molecular formula is C22H26Cl2N2O3. The molecule has 0 aliphatic carbocycles. The fraction of sp³-hybridized carbons (Fsp3) is 0.364. The number of amides is 2. The third-order valence-electron chi connectivity index (χ3n) is 4.09. The number of hydrogen-bond donors (Lipinski definition) is 1. The molecule has 2 amide bonds. The van der Waals surface area contributed by atoms with Crippen LogP contribution in [0.1, 0.15) is 33.3 Å². The summed E-state index contributed by atoms with van der Waals surface area (Å²) >= 11 is 11.9. The fourth-order valence-corrected chi connectivity index (χ4v) is 2.93. The molecule has 0 radical (unpaired) electrons. The van der Waals surface area contributed by atoms with Crippen molar-refractivity contribution in [2.24, 2.45) is 0 Å². The Labute approximate surface area is 181 Å². The van der Waals surface area contributed by atoms with E-state index in [4.69, 9.17) is 27.9 Å². The largest absolute Gasteiger partial charge is 0.484 e. The van der Waals surface area contributed by atoms with Crippen molar-refractivity contribution in [2.45, 2.75) is 45.8 Å². The molecule has 5 nitrogen and oxygen atoms in total. The Morgan fingerprint density at radius 3 is 2.31 bits per heavy atom. The van der Waals surface area contributed by atoms with Crippen LogP contribution in [-0.2, 0) is 16.1 Å². The van der Waals surface area contributed by atoms with E-state index in [1.54, 1.807) is 43.3 Å². The Bertz CT molecular complexity index is 848. The van der Waals surface area contributed by atoms with E-state index in [1.165, 1.54) is 4.90 Å². The van der Waals surface area contributed by atoms with Crippen molar-refractivity contribution < 1.29 is 14.3 Å².